The number of rotatable bonds is 6. The monoisotopic (exact) mass is 531 g/mol. The molecule has 2 amide bonds. The molecule has 0 N–H and O–H groups in total. The molecule has 0 spiro atoms. The number of carbonyl (C=O) groups is 2. The molecule has 2 fully saturated rings. The molecule has 11 heteroatoms. The third kappa shape index (κ3) is 5.29. The van der Waals surface area contributed by atoms with Crippen molar-refractivity contribution in [3.63, 3.8) is 0 Å². The second-order valence-electron chi connectivity index (χ2n) is 9.12. The highest BCUT2D eigenvalue weighted by atomic mass is 32.2. The fourth-order valence-electron chi connectivity index (χ4n) is 4.85. The number of carbonyl (C=O) groups excluding carboxylic acids is 2. The van der Waals surface area contributed by atoms with Crippen LogP contribution in [0.2, 0.25) is 0 Å². The number of benzene rings is 2. The topological polar surface area (TPSA) is 106 Å². The number of nitrogens with zero attached hydrogens (tertiary/aromatic N) is 3. The van der Waals surface area contributed by atoms with Gasteiger partial charge in [-0.2, -0.15) is 4.31 Å². The van der Waals surface area contributed by atoms with Gasteiger partial charge in [-0.15, -0.1) is 0 Å². The molecular formula is C26H33N3O7S. The molecule has 2 aromatic carbocycles. The molecule has 0 atom stereocenters. The number of piperidine rings is 1. The highest BCUT2D eigenvalue weighted by molar-refractivity contribution is 7.89. The summed E-state index contributed by atoms with van der Waals surface area (Å²) >= 11 is 0. The van der Waals surface area contributed by atoms with Crippen LogP contribution >= 0.6 is 0 Å². The van der Waals surface area contributed by atoms with E-state index in [0.29, 0.717) is 26.3 Å². The fourth-order valence-corrected chi connectivity index (χ4v) is 6.36. The number of morpholine rings is 1. The Labute approximate surface area is 217 Å². The van der Waals surface area contributed by atoms with E-state index in [0.717, 1.165) is 21.2 Å². The first-order valence-corrected chi connectivity index (χ1v) is 13.6. The van der Waals surface area contributed by atoms with Crippen molar-refractivity contribution in [2.75, 3.05) is 60.7 Å². The van der Waals surface area contributed by atoms with Crippen LogP contribution < -0.4 is 4.74 Å². The largest absolute Gasteiger partial charge is 0.497 e. The molecule has 200 valence electrons. The zero-order chi connectivity index (χ0) is 26.6. The maximum absolute atomic E-state index is 13.7. The second kappa shape index (κ2) is 11.1. The Hall–Kier alpha value is -3.15. The second-order valence-corrected chi connectivity index (χ2v) is 11.1. The molecule has 2 saturated heterocycles. The van der Waals surface area contributed by atoms with E-state index in [-0.39, 0.29) is 36.9 Å². The number of methoxy groups -OCH3 is 2. The molecule has 2 aliphatic heterocycles. The summed E-state index contributed by atoms with van der Waals surface area (Å²) < 4.78 is 44.0. The van der Waals surface area contributed by atoms with Crippen LogP contribution in [0.3, 0.4) is 0 Å². The Kier molecular flexibility index (Phi) is 8.05. The molecular weight excluding hydrogens is 498 g/mol. The number of sulfonamides is 1. The molecule has 0 unspecified atom stereocenters. The minimum Gasteiger partial charge on any atom is -0.497 e. The number of likely N-dealkylation sites (N-methyl/N-ethyl adjacent to an activating group) is 1. The van der Waals surface area contributed by atoms with Crippen molar-refractivity contribution in [1.82, 2.24) is 14.1 Å². The molecule has 2 aliphatic rings. The predicted molar refractivity (Wildman–Crippen MR) is 137 cm³/mol. The van der Waals surface area contributed by atoms with Gasteiger partial charge in [-0.3, -0.25) is 4.79 Å². The quantitative estimate of drug-likeness (QED) is 0.527. The molecule has 0 aliphatic carbocycles. The Morgan fingerprint density at radius 3 is 1.89 bits per heavy atom. The lowest BCUT2D eigenvalue weighted by molar-refractivity contribution is -0.154. The Balaban J connectivity index is 1.53. The summed E-state index contributed by atoms with van der Waals surface area (Å²) in [5, 5.41) is 0. The molecule has 0 radical (unpaired) electrons. The SMILES string of the molecule is COC(=O)C1(N(C)S(=O)(=O)c2ccc(-c3ccc(OC)cc3)cc2)CCN(C(=O)N2CCOCC2)CC1. The van der Waals surface area contributed by atoms with E-state index in [4.69, 9.17) is 14.2 Å². The number of urea groups is 1. The molecule has 0 saturated carbocycles. The van der Waals surface area contributed by atoms with Crippen LogP contribution in [0.1, 0.15) is 12.8 Å². The molecule has 10 nitrogen and oxygen atoms in total. The van der Waals surface area contributed by atoms with Crippen molar-refractivity contribution in [3.8, 4) is 16.9 Å². The zero-order valence-corrected chi connectivity index (χ0v) is 22.2. The van der Waals surface area contributed by atoms with E-state index in [1.807, 2.05) is 24.3 Å². The van der Waals surface area contributed by atoms with E-state index >= 15 is 0 Å². The molecule has 0 aromatic heterocycles. The van der Waals surface area contributed by atoms with Crippen molar-refractivity contribution in [1.29, 1.82) is 0 Å². The number of hydrogen-bond donors (Lipinski definition) is 0. The lowest BCUT2D eigenvalue weighted by Gasteiger charge is -2.45. The first-order valence-electron chi connectivity index (χ1n) is 12.2. The highest BCUT2D eigenvalue weighted by Crippen LogP contribution is 2.35. The fraction of sp³-hybridized carbons (Fsp3) is 0.462. The van der Waals surface area contributed by atoms with Gasteiger partial charge in [-0.25, -0.2) is 13.2 Å². The summed E-state index contributed by atoms with van der Waals surface area (Å²) in [6.45, 7) is 2.48. The van der Waals surface area contributed by atoms with Gasteiger partial charge in [0.1, 0.15) is 11.3 Å². The summed E-state index contributed by atoms with van der Waals surface area (Å²) in [7, 11) is 0.213. The van der Waals surface area contributed by atoms with Gasteiger partial charge in [0, 0.05) is 33.2 Å². The third-order valence-electron chi connectivity index (χ3n) is 7.25. The van der Waals surface area contributed by atoms with E-state index in [9.17, 15) is 18.0 Å². The average molecular weight is 532 g/mol. The van der Waals surface area contributed by atoms with Gasteiger partial charge in [0.15, 0.2) is 0 Å². The molecule has 2 heterocycles. The van der Waals surface area contributed by atoms with Gasteiger partial charge in [0.05, 0.1) is 32.3 Å². The van der Waals surface area contributed by atoms with Gasteiger partial charge in [-0.1, -0.05) is 24.3 Å². The Morgan fingerprint density at radius 2 is 1.38 bits per heavy atom. The van der Waals surface area contributed by atoms with Gasteiger partial charge >= 0.3 is 12.0 Å². The first kappa shape index (κ1) is 26.9. The van der Waals surface area contributed by atoms with Crippen LogP contribution in [0.15, 0.2) is 53.4 Å². The molecule has 0 bridgehead atoms. The summed E-state index contributed by atoms with van der Waals surface area (Å²) in [6, 6.07) is 13.9. The third-order valence-corrected chi connectivity index (χ3v) is 9.19. The highest BCUT2D eigenvalue weighted by Gasteiger charge is 2.51. The van der Waals surface area contributed by atoms with Gasteiger partial charge < -0.3 is 24.0 Å². The molecule has 2 aromatic rings. The maximum Gasteiger partial charge on any atom is 0.327 e. The van der Waals surface area contributed by atoms with Crippen molar-refractivity contribution >= 4 is 22.0 Å². The lowest BCUT2D eigenvalue weighted by Crippen LogP contribution is -2.62. The van der Waals surface area contributed by atoms with Crippen LogP contribution in [0.5, 0.6) is 5.75 Å². The van der Waals surface area contributed by atoms with Crippen molar-refractivity contribution in [3.05, 3.63) is 48.5 Å². The summed E-state index contributed by atoms with van der Waals surface area (Å²) in [4.78, 5) is 29.4. The van der Waals surface area contributed by atoms with Gasteiger partial charge in [0.25, 0.3) is 0 Å². The van der Waals surface area contributed by atoms with Gasteiger partial charge in [0.2, 0.25) is 10.0 Å². The minimum atomic E-state index is -4.04. The van der Waals surface area contributed by atoms with Crippen LogP contribution in [0.25, 0.3) is 11.1 Å². The van der Waals surface area contributed by atoms with E-state index in [2.05, 4.69) is 0 Å². The number of esters is 1. The standard InChI is InChI=1S/C26H33N3O7S/c1-27(37(32,33)23-10-6-21(7-11-23)20-4-8-22(34-2)9-5-20)26(24(30)35-3)12-14-28(15-13-26)25(31)29-16-18-36-19-17-29/h4-11H,12-19H2,1-3H3. The van der Waals surface area contributed by atoms with Crippen LogP contribution in [-0.2, 0) is 24.3 Å². The lowest BCUT2D eigenvalue weighted by atomic mass is 9.87. The number of likely N-dealkylation sites (tertiary alicyclic amines) is 1. The number of hydrogen-bond acceptors (Lipinski definition) is 7. The first-order chi connectivity index (χ1) is 17.7. The molecule has 4 rings (SSSR count). The predicted octanol–water partition coefficient (Wildman–Crippen LogP) is 2.44. The summed E-state index contributed by atoms with van der Waals surface area (Å²) in [5.41, 5.74) is 0.354. The normalized spacial score (nSPS) is 17.9. The van der Waals surface area contributed by atoms with Crippen molar-refractivity contribution < 1.29 is 32.2 Å². The Morgan fingerprint density at radius 1 is 0.865 bits per heavy atom. The van der Waals surface area contributed by atoms with E-state index in [1.54, 1.807) is 29.0 Å². The summed E-state index contributed by atoms with van der Waals surface area (Å²) in [6.07, 6.45) is 0.269. The maximum atomic E-state index is 13.7. The van der Waals surface area contributed by atoms with Crippen molar-refractivity contribution in [2.45, 2.75) is 23.3 Å². The van der Waals surface area contributed by atoms with Gasteiger partial charge in [-0.05, 0) is 48.2 Å². The smallest absolute Gasteiger partial charge is 0.327 e. The molecule has 37 heavy (non-hydrogen) atoms. The average Bonchev–Trinajstić information content (AvgIpc) is 2.96. The van der Waals surface area contributed by atoms with E-state index in [1.165, 1.54) is 26.3 Å². The van der Waals surface area contributed by atoms with Crippen LogP contribution in [0, 0.1) is 0 Å². The zero-order valence-electron chi connectivity index (χ0n) is 21.4. The van der Waals surface area contributed by atoms with Crippen LogP contribution in [-0.4, -0.2) is 101 Å². The Bertz CT molecular complexity index is 1200. The minimum absolute atomic E-state index is 0.0716. The number of amides is 2. The van der Waals surface area contributed by atoms with Crippen molar-refractivity contribution in [2.24, 2.45) is 0 Å². The summed E-state index contributed by atoms with van der Waals surface area (Å²) in [5.74, 6) is 0.0993. The number of ether oxygens (including phenoxy) is 3. The van der Waals surface area contributed by atoms with E-state index < -0.39 is 21.5 Å². The van der Waals surface area contributed by atoms with Crippen LogP contribution in [0.4, 0.5) is 4.79 Å².